The molecule has 1 aliphatic heterocycles. The zero-order chi connectivity index (χ0) is 29.3. The second-order valence-electron chi connectivity index (χ2n) is 8.39. The standard InChI is InChI=1S/C18H39N3.2CHF3O3S.Cu/c1-4-7-10-19-13-15-20(11-8-5-2)17-18-21(16-14-19)12-9-6-3;2*2-1(3,4)8(5,6)7;/h4-18H2,1-3H3;2*(H,5,6,7);/q;;;+2/p-2. The number of alkyl halides is 6. The van der Waals surface area contributed by atoms with Crippen molar-refractivity contribution in [2.24, 2.45) is 0 Å². The molecule has 38 heavy (non-hydrogen) atoms. The topological polar surface area (TPSA) is 124 Å². The molecule has 0 spiro atoms. The molecule has 0 aromatic carbocycles. The number of hydrogen-bond donors (Lipinski definition) is 0. The van der Waals surface area contributed by atoms with Crippen LogP contribution in [0, 0.1) is 0 Å². The molecule has 0 atom stereocenters. The first-order valence-corrected chi connectivity index (χ1v) is 14.8. The molecule has 0 saturated carbocycles. The van der Waals surface area contributed by atoms with Crippen LogP contribution in [-0.4, -0.2) is 111 Å². The maximum Gasteiger partial charge on any atom is 2.00 e. The Morgan fingerprint density at radius 3 is 0.816 bits per heavy atom. The Morgan fingerprint density at radius 1 is 0.553 bits per heavy atom. The molecule has 0 aliphatic carbocycles. The molecule has 0 aromatic rings. The van der Waals surface area contributed by atoms with Crippen LogP contribution in [0.25, 0.3) is 0 Å². The summed E-state index contributed by atoms with van der Waals surface area (Å²) in [5.74, 6) is 0. The molecular weight excluding hydrogens is 620 g/mol. The van der Waals surface area contributed by atoms with Crippen molar-refractivity contribution in [3.8, 4) is 0 Å². The Morgan fingerprint density at radius 2 is 0.711 bits per heavy atom. The fourth-order valence-electron chi connectivity index (χ4n) is 3.00. The first-order chi connectivity index (χ1) is 16.8. The minimum atomic E-state index is -6.09. The quantitative estimate of drug-likeness (QED) is 0.159. The summed E-state index contributed by atoms with van der Waals surface area (Å²) in [4.78, 5) is 8.10. The summed E-state index contributed by atoms with van der Waals surface area (Å²) in [5, 5.41) is 0. The van der Waals surface area contributed by atoms with E-state index >= 15 is 0 Å². The van der Waals surface area contributed by atoms with Crippen LogP contribution < -0.4 is 0 Å². The SMILES string of the molecule is CCCCN1CCN(CCCC)CCN(CCCC)CC1.O=S(=O)([O-])C(F)(F)F.O=S(=O)([O-])C(F)(F)F.[Cu+2]. The van der Waals surface area contributed by atoms with E-state index in [2.05, 4.69) is 35.5 Å². The molecule has 1 saturated heterocycles. The van der Waals surface area contributed by atoms with Gasteiger partial charge in [-0.2, -0.15) is 26.3 Å². The molecule has 9 nitrogen and oxygen atoms in total. The molecule has 235 valence electrons. The Balaban J connectivity index is -0.000000596. The van der Waals surface area contributed by atoms with Crippen molar-refractivity contribution in [1.29, 1.82) is 0 Å². The largest absolute Gasteiger partial charge is 2.00 e. The Hall–Kier alpha value is -0.201. The van der Waals surface area contributed by atoms with Gasteiger partial charge in [0.25, 0.3) is 0 Å². The fraction of sp³-hybridized carbons (Fsp3) is 1.00. The van der Waals surface area contributed by atoms with Crippen LogP contribution in [0.3, 0.4) is 0 Å². The molecule has 0 unspecified atom stereocenters. The summed E-state index contributed by atoms with van der Waals surface area (Å²) in [6, 6.07) is 0. The zero-order valence-electron chi connectivity index (χ0n) is 21.8. The minimum Gasteiger partial charge on any atom is -0.741 e. The van der Waals surface area contributed by atoms with Gasteiger partial charge < -0.3 is 23.8 Å². The van der Waals surface area contributed by atoms with Crippen molar-refractivity contribution < 1.29 is 69.4 Å². The molecular formula is C20H39CuF6N3O6S2. The summed E-state index contributed by atoms with van der Waals surface area (Å²) in [5.41, 5.74) is -11.3. The number of hydrogen-bond acceptors (Lipinski definition) is 9. The number of nitrogens with zero attached hydrogens (tertiary/aromatic N) is 3. The Labute approximate surface area is 233 Å². The number of unbranched alkanes of at least 4 members (excludes halogenated alkanes) is 3. The van der Waals surface area contributed by atoms with Crippen molar-refractivity contribution >= 4 is 20.2 Å². The van der Waals surface area contributed by atoms with Gasteiger partial charge in [0.15, 0.2) is 20.2 Å². The second kappa shape index (κ2) is 20.6. The van der Waals surface area contributed by atoms with Gasteiger partial charge in [0.1, 0.15) is 0 Å². The van der Waals surface area contributed by atoms with Gasteiger partial charge in [-0.15, -0.1) is 0 Å². The molecule has 1 radical (unpaired) electrons. The van der Waals surface area contributed by atoms with E-state index in [1.165, 1.54) is 97.4 Å². The molecule has 0 aromatic heterocycles. The van der Waals surface area contributed by atoms with Crippen LogP contribution in [0.1, 0.15) is 59.3 Å². The van der Waals surface area contributed by atoms with E-state index in [0.717, 1.165) is 0 Å². The van der Waals surface area contributed by atoms with Crippen molar-refractivity contribution in [2.45, 2.75) is 70.3 Å². The van der Waals surface area contributed by atoms with E-state index in [1.807, 2.05) is 0 Å². The van der Waals surface area contributed by atoms with Crippen molar-refractivity contribution in [1.82, 2.24) is 14.7 Å². The molecule has 0 N–H and O–H groups in total. The van der Waals surface area contributed by atoms with Gasteiger partial charge >= 0.3 is 28.1 Å². The van der Waals surface area contributed by atoms with Gasteiger partial charge in [0.05, 0.1) is 0 Å². The van der Waals surface area contributed by atoms with Gasteiger partial charge in [0, 0.05) is 39.3 Å². The molecule has 0 amide bonds. The fourth-order valence-corrected chi connectivity index (χ4v) is 3.00. The third kappa shape index (κ3) is 21.6. The average Bonchev–Trinajstić information content (AvgIpc) is 2.84. The summed E-state index contributed by atoms with van der Waals surface area (Å²) in [7, 11) is -12.2. The van der Waals surface area contributed by atoms with Crippen LogP contribution in [0.15, 0.2) is 0 Å². The summed E-state index contributed by atoms with van der Waals surface area (Å²) < 4.78 is 118. The zero-order valence-corrected chi connectivity index (χ0v) is 24.4. The van der Waals surface area contributed by atoms with E-state index in [-0.39, 0.29) is 17.1 Å². The second-order valence-corrected chi connectivity index (χ2v) is 11.1. The molecule has 18 heteroatoms. The van der Waals surface area contributed by atoms with Crippen molar-refractivity contribution in [3.05, 3.63) is 0 Å². The molecule has 1 rings (SSSR count). The van der Waals surface area contributed by atoms with E-state index < -0.39 is 31.3 Å². The normalized spacial score (nSPS) is 17.0. The van der Waals surface area contributed by atoms with Gasteiger partial charge in [-0.05, 0) is 38.9 Å². The molecule has 1 fully saturated rings. The Kier molecular flexibility index (Phi) is 23.0. The third-order valence-electron chi connectivity index (χ3n) is 5.25. The smallest absolute Gasteiger partial charge is 0.741 e. The van der Waals surface area contributed by atoms with E-state index in [0.29, 0.717) is 0 Å². The van der Waals surface area contributed by atoms with Crippen LogP contribution in [-0.2, 0) is 37.3 Å². The molecule has 1 aliphatic rings. The van der Waals surface area contributed by atoms with E-state index in [1.54, 1.807) is 0 Å². The van der Waals surface area contributed by atoms with Crippen LogP contribution in [0.2, 0.25) is 0 Å². The maximum absolute atomic E-state index is 10.7. The first kappa shape index (κ1) is 42.3. The number of halogens is 6. The van der Waals surface area contributed by atoms with Gasteiger partial charge in [-0.25, -0.2) is 16.8 Å². The van der Waals surface area contributed by atoms with Crippen LogP contribution in [0.4, 0.5) is 26.3 Å². The monoisotopic (exact) mass is 658 g/mol. The summed E-state index contributed by atoms with van der Waals surface area (Å²) in [6.45, 7) is 18.4. The Bertz CT molecular complexity index is 710. The van der Waals surface area contributed by atoms with Gasteiger partial charge in [-0.1, -0.05) is 40.0 Å². The van der Waals surface area contributed by atoms with Gasteiger partial charge in [0.2, 0.25) is 0 Å². The molecule has 1 heterocycles. The van der Waals surface area contributed by atoms with Crippen LogP contribution in [0.5, 0.6) is 0 Å². The maximum atomic E-state index is 10.7. The van der Waals surface area contributed by atoms with Crippen molar-refractivity contribution in [3.63, 3.8) is 0 Å². The third-order valence-corrected chi connectivity index (χ3v) is 6.38. The van der Waals surface area contributed by atoms with Crippen molar-refractivity contribution in [2.75, 3.05) is 58.9 Å². The average molecular weight is 659 g/mol. The minimum absolute atomic E-state index is 0. The summed E-state index contributed by atoms with van der Waals surface area (Å²) in [6.07, 6.45) is 8.00. The predicted octanol–water partition coefficient (Wildman–Crippen LogP) is 3.41. The number of rotatable bonds is 9. The first-order valence-electron chi connectivity index (χ1n) is 12.0. The van der Waals surface area contributed by atoms with E-state index in [9.17, 15) is 26.3 Å². The molecule has 0 bridgehead atoms. The van der Waals surface area contributed by atoms with E-state index in [4.69, 9.17) is 25.9 Å². The predicted molar refractivity (Wildman–Crippen MR) is 126 cm³/mol. The summed E-state index contributed by atoms with van der Waals surface area (Å²) >= 11 is 0. The van der Waals surface area contributed by atoms with Crippen LogP contribution >= 0.6 is 0 Å². The van der Waals surface area contributed by atoms with Gasteiger partial charge in [-0.3, -0.25) is 0 Å².